The normalized spacial score (nSPS) is 14.8. The number of rotatable bonds is 7. The number of nitrogens with one attached hydrogen (secondary N) is 1. The molecule has 2 aromatic carbocycles. The predicted octanol–water partition coefficient (Wildman–Crippen LogP) is 5.18. The zero-order valence-electron chi connectivity index (χ0n) is 21.1. The third-order valence-corrected chi connectivity index (χ3v) is 6.85. The highest BCUT2D eigenvalue weighted by atomic mass is 16.5. The minimum Gasteiger partial charge on any atom is -0.385 e. The standard InChI is InChI=1S/C29H33N5O2/c1-4-22-13-15-23(16-14-22)27-26-12-8-18-32(26)28-25(20-33(27)29(35)30-17-9-19-36-3)21(2)31-34(28)24-10-6-5-7-11-24/h5-8,10-16,18,27H,4,9,17,19-20H2,1-3H3,(H,30,35). The lowest BCUT2D eigenvalue weighted by molar-refractivity contribution is 0.174. The lowest BCUT2D eigenvalue weighted by atomic mass is 10.00. The number of hydrogen-bond acceptors (Lipinski definition) is 3. The van der Waals surface area contributed by atoms with E-state index in [0.717, 1.165) is 46.9 Å². The molecule has 4 aromatic rings. The molecule has 7 heteroatoms. The van der Waals surface area contributed by atoms with Crippen molar-refractivity contribution in [2.75, 3.05) is 20.3 Å². The molecule has 186 valence electrons. The molecule has 1 aliphatic heterocycles. The number of carbonyl (C=O) groups is 1. The summed E-state index contributed by atoms with van der Waals surface area (Å²) < 4.78 is 9.35. The Balaban J connectivity index is 1.64. The van der Waals surface area contributed by atoms with Crippen molar-refractivity contribution in [3.8, 4) is 11.5 Å². The fraction of sp³-hybridized carbons (Fsp3) is 0.310. The second kappa shape index (κ2) is 10.4. The van der Waals surface area contributed by atoms with Crippen LogP contribution < -0.4 is 5.32 Å². The molecule has 3 heterocycles. The van der Waals surface area contributed by atoms with Gasteiger partial charge in [-0.1, -0.05) is 49.4 Å². The largest absolute Gasteiger partial charge is 0.385 e. The van der Waals surface area contributed by atoms with Crippen LogP contribution in [0.15, 0.2) is 72.9 Å². The van der Waals surface area contributed by atoms with Crippen LogP contribution in [-0.4, -0.2) is 45.5 Å². The van der Waals surface area contributed by atoms with Crippen molar-refractivity contribution < 1.29 is 9.53 Å². The summed E-state index contributed by atoms with van der Waals surface area (Å²) in [5.74, 6) is 0.976. The lowest BCUT2D eigenvalue weighted by Crippen LogP contribution is -2.42. The van der Waals surface area contributed by atoms with Crippen LogP contribution in [0.3, 0.4) is 0 Å². The second-order valence-corrected chi connectivity index (χ2v) is 9.14. The summed E-state index contributed by atoms with van der Waals surface area (Å²) >= 11 is 0. The monoisotopic (exact) mass is 483 g/mol. The maximum atomic E-state index is 13.7. The highest BCUT2D eigenvalue weighted by molar-refractivity contribution is 5.76. The van der Waals surface area contributed by atoms with Gasteiger partial charge in [0.05, 0.1) is 29.7 Å². The van der Waals surface area contributed by atoms with E-state index in [1.807, 2.05) is 40.8 Å². The number of carbonyl (C=O) groups excluding carboxylic acids is 1. The smallest absolute Gasteiger partial charge is 0.318 e. The number of para-hydroxylation sites is 1. The Kier molecular flexibility index (Phi) is 6.91. The van der Waals surface area contributed by atoms with E-state index in [0.29, 0.717) is 19.7 Å². The third-order valence-electron chi connectivity index (χ3n) is 6.85. The molecule has 0 radical (unpaired) electrons. The van der Waals surface area contributed by atoms with Crippen molar-refractivity contribution in [2.45, 2.75) is 39.3 Å². The number of aromatic nitrogens is 3. The molecule has 2 aromatic heterocycles. The zero-order chi connectivity index (χ0) is 25.1. The van der Waals surface area contributed by atoms with Crippen LogP contribution in [-0.2, 0) is 17.7 Å². The first-order chi connectivity index (χ1) is 17.6. The first-order valence-electron chi connectivity index (χ1n) is 12.6. The van der Waals surface area contributed by atoms with Crippen molar-refractivity contribution in [1.29, 1.82) is 0 Å². The summed E-state index contributed by atoms with van der Waals surface area (Å²) in [6, 6.07) is 22.6. The number of amides is 2. The third kappa shape index (κ3) is 4.42. The van der Waals surface area contributed by atoms with Gasteiger partial charge in [-0.15, -0.1) is 0 Å². The van der Waals surface area contributed by atoms with Crippen molar-refractivity contribution in [1.82, 2.24) is 24.6 Å². The molecular weight excluding hydrogens is 450 g/mol. The van der Waals surface area contributed by atoms with E-state index in [1.165, 1.54) is 5.56 Å². The second-order valence-electron chi connectivity index (χ2n) is 9.14. The van der Waals surface area contributed by atoms with Crippen molar-refractivity contribution in [2.24, 2.45) is 0 Å². The van der Waals surface area contributed by atoms with Crippen molar-refractivity contribution >= 4 is 6.03 Å². The Hall–Kier alpha value is -3.84. The van der Waals surface area contributed by atoms with Crippen LogP contribution in [0.2, 0.25) is 0 Å². The summed E-state index contributed by atoms with van der Waals surface area (Å²) in [4.78, 5) is 15.6. The molecule has 2 amide bonds. The number of aryl methyl sites for hydroxylation is 2. The Morgan fingerprint density at radius 2 is 1.86 bits per heavy atom. The lowest BCUT2D eigenvalue weighted by Gasteiger charge is -2.31. The Labute approximate surface area is 212 Å². The van der Waals surface area contributed by atoms with Gasteiger partial charge in [0.2, 0.25) is 0 Å². The van der Waals surface area contributed by atoms with Crippen LogP contribution in [0.25, 0.3) is 11.5 Å². The van der Waals surface area contributed by atoms with Crippen LogP contribution in [0.5, 0.6) is 0 Å². The average molecular weight is 484 g/mol. The van der Waals surface area contributed by atoms with E-state index >= 15 is 0 Å². The molecule has 0 spiro atoms. The molecule has 0 bridgehead atoms. The Morgan fingerprint density at radius 1 is 1.08 bits per heavy atom. The fourth-order valence-corrected chi connectivity index (χ4v) is 4.95. The molecule has 36 heavy (non-hydrogen) atoms. The van der Waals surface area contributed by atoms with Gasteiger partial charge < -0.3 is 19.5 Å². The van der Waals surface area contributed by atoms with Gasteiger partial charge >= 0.3 is 6.03 Å². The molecule has 0 saturated heterocycles. The van der Waals surface area contributed by atoms with Crippen LogP contribution in [0, 0.1) is 6.92 Å². The molecule has 1 N–H and O–H groups in total. The van der Waals surface area contributed by atoms with Gasteiger partial charge in [0.1, 0.15) is 5.82 Å². The predicted molar refractivity (Wildman–Crippen MR) is 141 cm³/mol. The molecular formula is C29H33N5O2. The van der Waals surface area contributed by atoms with E-state index in [1.54, 1.807) is 7.11 Å². The fourth-order valence-electron chi connectivity index (χ4n) is 4.95. The van der Waals surface area contributed by atoms with Gasteiger partial charge in [0.25, 0.3) is 0 Å². The van der Waals surface area contributed by atoms with E-state index in [9.17, 15) is 4.79 Å². The number of fused-ring (bicyclic) bond motifs is 3. The zero-order valence-corrected chi connectivity index (χ0v) is 21.1. The van der Waals surface area contributed by atoms with Crippen molar-refractivity contribution in [3.05, 3.63) is 101 Å². The van der Waals surface area contributed by atoms with Crippen LogP contribution in [0.4, 0.5) is 4.79 Å². The van der Waals surface area contributed by atoms with Gasteiger partial charge in [-0.2, -0.15) is 5.10 Å². The maximum Gasteiger partial charge on any atom is 0.318 e. The number of ether oxygens (including phenoxy) is 1. The molecule has 0 aliphatic carbocycles. The van der Waals surface area contributed by atoms with Crippen LogP contribution in [0.1, 0.15) is 47.5 Å². The number of nitrogens with zero attached hydrogens (tertiary/aromatic N) is 4. The molecule has 0 saturated carbocycles. The highest BCUT2D eigenvalue weighted by Gasteiger charge is 2.35. The SMILES string of the molecule is CCc1ccc(C2c3cccn3-c3c(c(C)nn3-c3ccccc3)CN2C(=O)NCCCOC)cc1. The molecule has 7 nitrogen and oxygen atoms in total. The molecule has 0 fully saturated rings. The minimum atomic E-state index is -0.246. The number of urea groups is 1. The van der Waals surface area contributed by atoms with E-state index in [2.05, 4.69) is 65.5 Å². The van der Waals surface area contributed by atoms with Crippen molar-refractivity contribution in [3.63, 3.8) is 0 Å². The maximum absolute atomic E-state index is 13.7. The van der Waals surface area contributed by atoms with E-state index < -0.39 is 0 Å². The molecule has 1 aliphatic rings. The summed E-state index contributed by atoms with van der Waals surface area (Å²) in [6.45, 7) is 5.79. The summed E-state index contributed by atoms with van der Waals surface area (Å²) in [6.07, 6.45) is 3.81. The Morgan fingerprint density at radius 3 is 2.58 bits per heavy atom. The highest BCUT2D eigenvalue weighted by Crippen LogP contribution is 2.38. The van der Waals surface area contributed by atoms with Gasteiger partial charge in [-0.3, -0.25) is 0 Å². The summed E-state index contributed by atoms with van der Waals surface area (Å²) in [5.41, 5.74) is 6.33. The first-order valence-corrected chi connectivity index (χ1v) is 12.6. The topological polar surface area (TPSA) is 64.3 Å². The van der Waals surface area contributed by atoms with Gasteiger partial charge in [-0.05, 0) is 55.2 Å². The average Bonchev–Trinajstić information content (AvgIpc) is 3.47. The number of methoxy groups -OCH3 is 1. The Bertz CT molecular complexity index is 1320. The molecule has 5 rings (SSSR count). The minimum absolute atomic E-state index is 0.0943. The summed E-state index contributed by atoms with van der Waals surface area (Å²) in [5, 5.41) is 8.02. The number of hydrogen-bond donors (Lipinski definition) is 1. The van der Waals surface area contributed by atoms with Gasteiger partial charge in [0.15, 0.2) is 0 Å². The quantitative estimate of drug-likeness (QED) is 0.368. The molecule has 1 unspecified atom stereocenters. The van der Waals surface area contributed by atoms with Gasteiger partial charge in [0, 0.05) is 32.0 Å². The van der Waals surface area contributed by atoms with E-state index in [4.69, 9.17) is 9.84 Å². The van der Waals surface area contributed by atoms with E-state index in [-0.39, 0.29) is 12.1 Å². The summed E-state index contributed by atoms with van der Waals surface area (Å²) in [7, 11) is 1.68. The molecule has 1 atom stereocenters. The van der Waals surface area contributed by atoms with Gasteiger partial charge in [-0.25, -0.2) is 9.48 Å². The number of benzene rings is 2. The van der Waals surface area contributed by atoms with Crippen LogP contribution >= 0.6 is 0 Å². The first kappa shape index (κ1) is 23.9.